The molecule has 1 aliphatic heterocycles. The lowest BCUT2D eigenvalue weighted by Gasteiger charge is -2.27. The quantitative estimate of drug-likeness (QED) is 0.737. The van der Waals surface area contributed by atoms with Gasteiger partial charge in [0.15, 0.2) is 11.2 Å². The highest BCUT2D eigenvalue weighted by atomic mass is 16.5. The van der Waals surface area contributed by atoms with Crippen molar-refractivity contribution in [1.82, 2.24) is 4.90 Å². The average molecular weight is 379 g/mol. The first-order chi connectivity index (χ1) is 13.6. The normalized spacial score (nSPS) is 16.4. The van der Waals surface area contributed by atoms with E-state index in [2.05, 4.69) is 0 Å². The third kappa shape index (κ3) is 3.64. The topological polar surface area (TPSA) is 80.0 Å². The van der Waals surface area contributed by atoms with Crippen molar-refractivity contribution in [2.75, 3.05) is 19.8 Å². The fourth-order valence-corrected chi connectivity index (χ4v) is 3.55. The van der Waals surface area contributed by atoms with Gasteiger partial charge in [0.2, 0.25) is 0 Å². The Morgan fingerprint density at radius 2 is 1.96 bits per heavy atom. The Kier molecular flexibility index (Phi) is 5.12. The number of amides is 1. The molecule has 3 aromatic rings. The van der Waals surface area contributed by atoms with Crippen LogP contribution in [-0.4, -0.2) is 41.7 Å². The van der Waals surface area contributed by atoms with Crippen LogP contribution >= 0.6 is 0 Å². The van der Waals surface area contributed by atoms with Gasteiger partial charge in [0, 0.05) is 19.2 Å². The van der Waals surface area contributed by atoms with E-state index in [0.717, 1.165) is 18.1 Å². The predicted molar refractivity (Wildman–Crippen MR) is 105 cm³/mol. The van der Waals surface area contributed by atoms with Gasteiger partial charge in [-0.05, 0) is 30.5 Å². The van der Waals surface area contributed by atoms with E-state index in [4.69, 9.17) is 9.15 Å². The Bertz CT molecular complexity index is 1040. The van der Waals surface area contributed by atoms with Gasteiger partial charge in [0.25, 0.3) is 5.91 Å². The van der Waals surface area contributed by atoms with Crippen LogP contribution in [0.15, 0.2) is 63.8 Å². The van der Waals surface area contributed by atoms with Gasteiger partial charge in [-0.1, -0.05) is 36.4 Å². The van der Waals surface area contributed by atoms with Crippen LogP contribution in [0.3, 0.4) is 0 Å². The van der Waals surface area contributed by atoms with Crippen LogP contribution in [0.2, 0.25) is 0 Å². The van der Waals surface area contributed by atoms with Crippen LogP contribution < -0.4 is 5.43 Å². The predicted octanol–water partition coefficient (Wildman–Crippen LogP) is 2.97. The molecule has 0 bridgehead atoms. The fourth-order valence-electron chi connectivity index (χ4n) is 3.55. The van der Waals surface area contributed by atoms with Gasteiger partial charge in [-0.2, -0.15) is 0 Å². The molecule has 1 fully saturated rings. The zero-order chi connectivity index (χ0) is 19.5. The first-order valence-corrected chi connectivity index (χ1v) is 9.32. The highest BCUT2D eigenvalue weighted by Gasteiger charge is 2.29. The second kappa shape index (κ2) is 7.86. The smallest absolute Gasteiger partial charge is 0.290 e. The zero-order valence-corrected chi connectivity index (χ0v) is 15.3. The van der Waals surface area contributed by atoms with E-state index in [-0.39, 0.29) is 34.4 Å². The van der Waals surface area contributed by atoms with E-state index in [1.54, 1.807) is 17.0 Å². The Hall–Kier alpha value is -3.12. The number of benzene rings is 2. The first-order valence-electron chi connectivity index (χ1n) is 9.32. The zero-order valence-electron chi connectivity index (χ0n) is 15.3. The molecule has 6 nitrogen and oxygen atoms in total. The van der Waals surface area contributed by atoms with Gasteiger partial charge in [-0.25, -0.2) is 0 Å². The van der Waals surface area contributed by atoms with Gasteiger partial charge in [0.1, 0.15) is 16.7 Å². The monoisotopic (exact) mass is 379 g/mol. The summed E-state index contributed by atoms with van der Waals surface area (Å²) in [5, 5.41) is 9.98. The van der Waals surface area contributed by atoms with Gasteiger partial charge >= 0.3 is 0 Å². The van der Waals surface area contributed by atoms with E-state index >= 15 is 0 Å². The van der Waals surface area contributed by atoms with Crippen molar-refractivity contribution in [3.05, 3.63) is 76.1 Å². The number of hydrogen-bond acceptors (Lipinski definition) is 5. The summed E-state index contributed by atoms with van der Waals surface area (Å²) in [6.07, 6.45) is 1.45. The van der Waals surface area contributed by atoms with E-state index in [1.807, 2.05) is 30.3 Å². The number of carbonyl (C=O) groups excluding carboxylic acids is 1. The third-order valence-corrected chi connectivity index (χ3v) is 5.04. The van der Waals surface area contributed by atoms with Crippen molar-refractivity contribution in [3.8, 4) is 5.75 Å². The summed E-state index contributed by atoms with van der Waals surface area (Å²) in [6, 6.07) is 15.6. The van der Waals surface area contributed by atoms with Gasteiger partial charge < -0.3 is 19.2 Å². The van der Waals surface area contributed by atoms with E-state index in [9.17, 15) is 14.7 Å². The summed E-state index contributed by atoms with van der Waals surface area (Å²) in [5.41, 5.74) is 0.888. The molecular weight excluding hydrogens is 358 g/mol. The number of phenols is 1. The summed E-state index contributed by atoms with van der Waals surface area (Å²) in [7, 11) is 0. The molecule has 1 aromatic heterocycles. The lowest BCUT2D eigenvalue weighted by atomic mass is 10.1. The lowest BCUT2D eigenvalue weighted by molar-refractivity contribution is 0.0625. The molecule has 0 spiro atoms. The summed E-state index contributed by atoms with van der Waals surface area (Å²) in [5.74, 6) is -0.521. The van der Waals surface area contributed by atoms with Crippen LogP contribution in [-0.2, 0) is 11.2 Å². The molecule has 1 saturated heterocycles. The van der Waals surface area contributed by atoms with Gasteiger partial charge in [-0.3, -0.25) is 9.59 Å². The number of ether oxygens (including phenoxy) is 1. The molecular formula is C22H21NO5. The van der Waals surface area contributed by atoms with Crippen LogP contribution in [0.1, 0.15) is 22.5 Å². The van der Waals surface area contributed by atoms with Crippen molar-refractivity contribution in [2.45, 2.75) is 18.9 Å². The molecule has 1 amide bonds. The minimum Gasteiger partial charge on any atom is -0.507 e. The molecule has 6 heteroatoms. The maximum Gasteiger partial charge on any atom is 0.290 e. The van der Waals surface area contributed by atoms with Crippen molar-refractivity contribution >= 4 is 16.9 Å². The molecule has 4 rings (SSSR count). The van der Waals surface area contributed by atoms with Gasteiger partial charge in [0.05, 0.1) is 12.6 Å². The minimum absolute atomic E-state index is 0.0249. The Balaban J connectivity index is 1.65. The minimum atomic E-state index is -0.437. The molecule has 1 N–H and O–H groups in total. The Labute approximate surface area is 162 Å². The number of fused-ring (bicyclic) bond motifs is 1. The number of carbonyl (C=O) groups is 1. The average Bonchev–Trinajstić information content (AvgIpc) is 3.23. The van der Waals surface area contributed by atoms with E-state index < -0.39 is 5.43 Å². The summed E-state index contributed by atoms with van der Waals surface area (Å²) in [4.78, 5) is 27.4. The summed E-state index contributed by atoms with van der Waals surface area (Å²) < 4.78 is 11.2. The Morgan fingerprint density at radius 3 is 2.71 bits per heavy atom. The molecule has 28 heavy (non-hydrogen) atoms. The largest absolute Gasteiger partial charge is 0.507 e. The van der Waals surface area contributed by atoms with Gasteiger partial charge in [-0.15, -0.1) is 0 Å². The molecule has 144 valence electrons. The Morgan fingerprint density at radius 1 is 1.14 bits per heavy atom. The van der Waals surface area contributed by atoms with E-state index in [0.29, 0.717) is 26.2 Å². The second-order valence-electron chi connectivity index (χ2n) is 6.88. The molecule has 0 saturated carbocycles. The number of nitrogens with zero attached hydrogens (tertiary/aromatic N) is 1. The summed E-state index contributed by atoms with van der Waals surface area (Å²) >= 11 is 0. The maximum absolute atomic E-state index is 13.2. The number of hydrogen-bond donors (Lipinski definition) is 1. The van der Waals surface area contributed by atoms with Crippen LogP contribution in [0.25, 0.3) is 11.0 Å². The fraction of sp³-hybridized carbons (Fsp3) is 0.273. The maximum atomic E-state index is 13.2. The van der Waals surface area contributed by atoms with Crippen molar-refractivity contribution in [1.29, 1.82) is 0 Å². The molecule has 1 aliphatic rings. The standard InChI is InChI=1S/C22H21NO5/c24-17-7-4-8-19-21(17)18(25)13-20(28-19)22(26)23(16-10-12-27-14-16)11-9-15-5-2-1-3-6-15/h1-8,13,16,24H,9-12,14H2. The van der Waals surface area contributed by atoms with Crippen molar-refractivity contribution < 1.29 is 19.1 Å². The molecule has 0 aliphatic carbocycles. The van der Waals surface area contributed by atoms with Crippen LogP contribution in [0.4, 0.5) is 0 Å². The number of phenolic OH excluding ortho intramolecular Hbond substituents is 1. The highest BCUT2D eigenvalue weighted by Crippen LogP contribution is 2.23. The highest BCUT2D eigenvalue weighted by molar-refractivity contribution is 5.94. The third-order valence-electron chi connectivity index (χ3n) is 5.04. The van der Waals surface area contributed by atoms with Crippen molar-refractivity contribution in [2.24, 2.45) is 0 Å². The molecule has 2 aromatic carbocycles. The van der Waals surface area contributed by atoms with E-state index in [1.165, 1.54) is 6.07 Å². The SMILES string of the molecule is O=C(c1cc(=O)c2c(O)cccc2o1)N(CCc1ccccc1)C1CCOC1. The van der Waals surface area contributed by atoms with Crippen LogP contribution in [0.5, 0.6) is 5.75 Å². The number of rotatable bonds is 5. The molecule has 2 heterocycles. The van der Waals surface area contributed by atoms with Crippen LogP contribution in [0, 0.1) is 0 Å². The second-order valence-corrected chi connectivity index (χ2v) is 6.88. The summed E-state index contributed by atoms with van der Waals surface area (Å²) in [6.45, 7) is 1.58. The van der Waals surface area contributed by atoms with Crippen molar-refractivity contribution in [3.63, 3.8) is 0 Å². The lowest BCUT2D eigenvalue weighted by Crippen LogP contribution is -2.42. The first kappa shape index (κ1) is 18.3. The molecule has 1 unspecified atom stereocenters. The molecule has 1 atom stereocenters. The molecule has 0 radical (unpaired) electrons. The number of aromatic hydroxyl groups is 1.